The number of nitrogens with one attached hydrogen (secondary N) is 1. The van der Waals surface area contributed by atoms with Crippen molar-refractivity contribution in [2.24, 2.45) is 5.92 Å². The number of carbonyl (C=O) groups is 2. The smallest absolute Gasteiger partial charge is 0.308 e. The predicted molar refractivity (Wildman–Crippen MR) is 98.2 cm³/mol. The predicted octanol–water partition coefficient (Wildman–Crippen LogP) is 2.79. The Bertz CT molecular complexity index is 784. The highest BCUT2D eigenvalue weighted by atomic mass is 16.5. The van der Waals surface area contributed by atoms with Crippen molar-refractivity contribution < 1.29 is 19.4 Å². The number of methoxy groups -OCH3 is 1. The van der Waals surface area contributed by atoms with E-state index in [4.69, 9.17) is 4.74 Å². The van der Waals surface area contributed by atoms with E-state index in [0.29, 0.717) is 12.2 Å². The fourth-order valence-electron chi connectivity index (χ4n) is 3.30. The van der Waals surface area contributed by atoms with Crippen LogP contribution in [0.1, 0.15) is 24.0 Å². The van der Waals surface area contributed by atoms with Crippen molar-refractivity contribution >= 4 is 11.9 Å². The van der Waals surface area contributed by atoms with E-state index < -0.39 is 17.3 Å². The molecule has 26 heavy (non-hydrogen) atoms. The third-order valence-electron chi connectivity index (χ3n) is 5.03. The number of aliphatic carboxylic acids is 1. The Morgan fingerprint density at radius 3 is 2.38 bits per heavy atom. The molecule has 1 amide bonds. The van der Waals surface area contributed by atoms with Gasteiger partial charge in [-0.3, -0.25) is 9.59 Å². The lowest BCUT2D eigenvalue weighted by atomic mass is 9.94. The Labute approximate surface area is 153 Å². The molecule has 0 aromatic heterocycles. The van der Waals surface area contributed by atoms with Gasteiger partial charge >= 0.3 is 5.97 Å². The molecule has 2 aromatic rings. The van der Waals surface area contributed by atoms with Gasteiger partial charge in [0.15, 0.2) is 0 Å². The fourth-order valence-corrected chi connectivity index (χ4v) is 3.30. The van der Waals surface area contributed by atoms with Gasteiger partial charge in [0.2, 0.25) is 5.91 Å². The van der Waals surface area contributed by atoms with Crippen LogP contribution in [0, 0.1) is 5.92 Å². The summed E-state index contributed by atoms with van der Waals surface area (Å²) in [7, 11) is 1.56. The molecule has 2 aromatic carbocycles. The monoisotopic (exact) mass is 353 g/mol. The van der Waals surface area contributed by atoms with Crippen molar-refractivity contribution in [2.45, 2.75) is 24.7 Å². The van der Waals surface area contributed by atoms with Gasteiger partial charge < -0.3 is 15.2 Å². The van der Waals surface area contributed by atoms with Crippen LogP contribution in [-0.2, 0) is 21.4 Å². The largest absolute Gasteiger partial charge is 0.496 e. The summed E-state index contributed by atoms with van der Waals surface area (Å²) in [6.45, 7) is 0.0980. The van der Waals surface area contributed by atoms with Gasteiger partial charge in [-0.05, 0) is 36.5 Å². The molecule has 5 heteroatoms. The number of carboxylic acid groups (broad SMARTS) is 1. The number of para-hydroxylation sites is 1. The maximum Gasteiger partial charge on any atom is 0.308 e. The van der Waals surface area contributed by atoms with Crippen LogP contribution in [0.3, 0.4) is 0 Å². The SMILES string of the molecule is COc1ccccc1CC(CNC(=O)C1(c2ccccc2)CC1)C(=O)O. The van der Waals surface area contributed by atoms with Crippen molar-refractivity contribution in [1.29, 1.82) is 0 Å². The van der Waals surface area contributed by atoms with Crippen molar-refractivity contribution in [3.8, 4) is 5.75 Å². The first-order valence-electron chi connectivity index (χ1n) is 8.75. The molecule has 0 spiro atoms. The minimum Gasteiger partial charge on any atom is -0.496 e. The lowest BCUT2D eigenvalue weighted by Gasteiger charge is -2.19. The molecule has 3 rings (SSSR count). The number of carbonyl (C=O) groups excluding carboxylic acids is 1. The average molecular weight is 353 g/mol. The van der Waals surface area contributed by atoms with Crippen LogP contribution < -0.4 is 10.1 Å². The first-order valence-corrected chi connectivity index (χ1v) is 8.75. The molecule has 0 radical (unpaired) electrons. The Morgan fingerprint density at radius 1 is 1.12 bits per heavy atom. The van der Waals surface area contributed by atoms with Gasteiger partial charge in [0.25, 0.3) is 0 Å². The van der Waals surface area contributed by atoms with Gasteiger partial charge in [-0.25, -0.2) is 0 Å². The third-order valence-corrected chi connectivity index (χ3v) is 5.03. The molecule has 2 N–H and O–H groups in total. The van der Waals surface area contributed by atoms with Crippen molar-refractivity contribution in [1.82, 2.24) is 5.32 Å². The van der Waals surface area contributed by atoms with Gasteiger partial charge in [-0.1, -0.05) is 48.5 Å². The highest BCUT2D eigenvalue weighted by molar-refractivity contribution is 5.91. The molecule has 136 valence electrons. The number of hydrogen-bond donors (Lipinski definition) is 2. The van der Waals surface area contributed by atoms with E-state index in [2.05, 4.69) is 5.32 Å². The highest BCUT2D eigenvalue weighted by Crippen LogP contribution is 2.48. The van der Waals surface area contributed by atoms with Gasteiger partial charge in [0, 0.05) is 6.54 Å². The zero-order chi connectivity index (χ0) is 18.6. The van der Waals surface area contributed by atoms with E-state index in [-0.39, 0.29) is 12.5 Å². The van der Waals surface area contributed by atoms with Crippen molar-refractivity contribution in [3.63, 3.8) is 0 Å². The molecule has 0 heterocycles. The van der Waals surface area contributed by atoms with Gasteiger partial charge in [-0.2, -0.15) is 0 Å². The van der Waals surface area contributed by atoms with Gasteiger partial charge in [-0.15, -0.1) is 0 Å². The van der Waals surface area contributed by atoms with Crippen LogP contribution in [0.4, 0.5) is 0 Å². The lowest BCUT2D eigenvalue weighted by molar-refractivity contribution is -0.141. The van der Waals surface area contributed by atoms with Gasteiger partial charge in [0.1, 0.15) is 5.75 Å². The van der Waals surface area contributed by atoms with E-state index in [9.17, 15) is 14.7 Å². The molecular weight excluding hydrogens is 330 g/mol. The summed E-state index contributed by atoms with van der Waals surface area (Å²) in [4.78, 5) is 24.4. The molecule has 0 saturated heterocycles. The zero-order valence-corrected chi connectivity index (χ0v) is 14.8. The molecule has 5 nitrogen and oxygen atoms in total. The summed E-state index contributed by atoms with van der Waals surface area (Å²) in [5.41, 5.74) is 1.32. The topological polar surface area (TPSA) is 75.6 Å². The molecular formula is C21H23NO4. The normalized spacial score (nSPS) is 15.7. The minimum atomic E-state index is -0.930. The van der Waals surface area contributed by atoms with Crippen LogP contribution in [0.15, 0.2) is 54.6 Å². The number of amides is 1. The first kappa shape index (κ1) is 18.0. The molecule has 1 saturated carbocycles. The number of hydrogen-bond acceptors (Lipinski definition) is 3. The maximum absolute atomic E-state index is 12.7. The van der Waals surface area contributed by atoms with Crippen LogP contribution in [0.2, 0.25) is 0 Å². The van der Waals surface area contributed by atoms with E-state index in [0.717, 1.165) is 24.0 Å². The Kier molecular flexibility index (Phi) is 5.26. The maximum atomic E-state index is 12.7. The van der Waals surface area contributed by atoms with Gasteiger partial charge in [0.05, 0.1) is 18.4 Å². The number of rotatable bonds is 8. The molecule has 1 unspecified atom stereocenters. The van der Waals surface area contributed by atoms with Crippen LogP contribution in [-0.4, -0.2) is 30.6 Å². The fraction of sp³-hybridized carbons (Fsp3) is 0.333. The Morgan fingerprint density at radius 2 is 1.77 bits per heavy atom. The summed E-state index contributed by atoms with van der Waals surface area (Å²) in [5, 5.41) is 12.4. The molecule has 1 aliphatic rings. The Hall–Kier alpha value is -2.82. The summed E-state index contributed by atoms with van der Waals surface area (Å²) in [5.74, 6) is -1.06. The second kappa shape index (κ2) is 7.60. The second-order valence-corrected chi connectivity index (χ2v) is 6.71. The van der Waals surface area contributed by atoms with E-state index in [1.54, 1.807) is 13.2 Å². The lowest BCUT2D eigenvalue weighted by Crippen LogP contribution is -2.40. The molecule has 1 aliphatic carbocycles. The molecule has 1 atom stereocenters. The zero-order valence-electron chi connectivity index (χ0n) is 14.8. The summed E-state index contributed by atoms with van der Waals surface area (Å²) in [6, 6.07) is 17.0. The third kappa shape index (κ3) is 3.72. The van der Waals surface area contributed by atoms with Crippen LogP contribution in [0.5, 0.6) is 5.75 Å². The average Bonchev–Trinajstić information content (AvgIpc) is 3.47. The second-order valence-electron chi connectivity index (χ2n) is 6.71. The molecule has 0 aliphatic heterocycles. The standard InChI is InChI=1S/C21H23NO4/c1-26-18-10-6-5-7-15(18)13-16(19(23)24)14-22-20(25)21(11-12-21)17-8-3-2-4-9-17/h2-10,16H,11-14H2,1H3,(H,22,25)(H,23,24). The highest BCUT2D eigenvalue weighted by Gasteiger charge is 2.51. The molecule has 1 fully saturated rings. The number of ether oxygens (including phenoxy) is 1. The van der Waals surface area contributed by atoms with Crippen LogP contribution >= 0.6 is 0 Å². The van der Waals surface area contributed by atoms with Crippen LogP contribution in [0.25, 0.3) is 0 Å². The summed E-state index contributed by atoms with van der Waals surface area (Å²) < 4.78 is 5.29. The van der Waals surface area contributed by atoms with E-state index >= 15 is 0 Å². The minimum absolute atomic E-state index is 0.0880. The quantitative estimate of drug-likeness (QED) is 0.765. The summed E-state index contributed by atoms with van der Waals surface area (Å²) >= 11 is 0. The van der Waals surface area contributed by atoms with Crippen molar-refractivity contribution in [3.05, 3.63) is 65.7 Å². The summed E-state index contributed by atoms with van der Waals surface area (Å²) in [6.07, 6.45) is 1.90. The van der Waals surface area contributed by atoms with E-state index in [1.807, 2.05) is 48.5 Å². The van der Waals surface area contributed by atoms with E-state index in [1.165, 1.54) is 0 Å². The first-order chi connectivity index (χ1) is 12.6. The number of benzene rings is 2. The van der Waals surface area contributed by atoms with Crippen molar-refractivity contribution in [2.75, 3.05) is 13.7 Å². The number of carboxylic acids is 1. The Balaban J connectivity index is 1.66. The molecule has 0 bridgehead atoms.